The number of nitrogens with zero attached hydrogens (tertiary/aromatic N) is 4. The fourth-order valence-electron chi connectivity index (χ4n) is 6.28. The van der Waals surface area contributed by atoms with Crippen molar-refractivity contribution in [1.29, 1.82) is 0 Å². The number of aliphatic hydroxyl groups is 1. The van der Waals surface area contributed by atoms with E-state index in [1.54, 1.807) is 0 Å². The summed E-state index contributed by atoms with van der Waals surface area (Å²) < 4.78 is 0. The molecule has 36 heavy (non-hydrogen) atoms. The molecule has 1 aromatic heterocycles. The Morgan fingerprint density at radius 1 is 1.06 bits per heavy atom. The highest BCUT2D eigenvalue weighted by Crippen LogP contribution is 2.31. The van der Waals surface area contributed by atoms with Gasteiger partial charge in [0.25, 0.3) is 0 Å². The Hall–Kier alpha value is -1.97. The molecule has 5 N–H and O–H groups in total. The number of piperidine rings is 1. The zero-order valence-electron chi connectivity index (χ0n) is 21.9. The molecule has 0 bridgehead atoms. The van der Waals surface area contributed by atoms with Crippen molar-refractivity contribution in [1.82, 2.24) is 20.2 Å². The maximum absolute atomic E-state index is 12.3. The van der Waals surface area contributed by atoms with Crippen molar-refractivity contribution in [2.45, 2.75) is 108 Å². The molecule has 2 unspecified atom stereocenters. The van der Waals surface area contributed by atoms with Gasteiger partial charge in [0.2, 0.25) is 11.9 Å². The van der Waals surface area contributed by atoms with Crippen LogP contribution in [-0.2, 0) is 4.79 Å². The summed E-state index contributed by atoms with van der Waals surface area (Å²) in [5, 5.41) is 15.9. The third kappa shape index (κ3) is 7.76. The number of nitrogens with two attached hydrogens (primary N) is 1. The van der Waals surface area contributed by atoms with Crippen LogP contribution in [0, 0.1) is 0 Å². The summed E-state index contributed by atoms with van der Waals surface area (Å²) in [6, 6.07) is 2.73. The maximum atomic E-state index is 12.3. The first-order chi connectivity index (χ1) is 17.6. The van der Waals surface area contributed by atoms with E-state index in [2.05, 4.69) is 25.4 Å². The second kappa shape index (κ2) is 14.1. The molecule has 4 rings (SSSR count). The van der Waals surface area contributed by atoms with Crippen molar-refractivity contribution in [3.63, 3.8) is 0 Å². The van der Waals surface area contributed by atoms with Gasteiger partial charge in [0.05, 0.1) is 6.61 Å². The summed E-state index contributed by atoms with van der Waals surface area (Å²) in [5.41, 5.74) is 5.74. The van der Waals surface area contributed by atoms with E-state index in [0.717, 1.165) is 50.7 Å². The van der Waals surface area contributed by atoms with Crippen molar-refractivity contribution >= 4 is 17.7 Å². The second-order valence-corrected chi connectivity index (χ2v) is 10.9. The number of anilines is 2. The minimum atomic E-state index is -0.499. The molecule has 202 valence electrons. The molecule has 0 aromatic carbocycles. The predicted octanol–water partition coefficient (Wildman–Crippen LogP) is 2.65. The number of hydrogen-bond acceptors (Lipinski definition) is 8. The van der Waals surface area contributed by atoms with Crippen LogP contribution >= 0.6 is 0 Å². The van der Waals surface area contributed by atoms with Gasteiger partial charge in [-0.1, -0.05) is 32.1 Å². The van der Waals surface area contributed by atoms with E-state index in [4.69, 9.17) is 15.8 Å². The number of carbonyl (C=O) groups excluding carboxylic acids is 1. The summed E-state index contributed by atoms with van der Waals surface area (Å²) in [7, 11) is 0. The Bertz CT molecular complexity index is 796. The summed E-state index contributed by atoms with van der Waals surface area (Å²) in [4.78, 5) is 26.9. The van der Waals surface area contributed by atoms with E-state index in [0.29, 0.717) is 18.6 Å². The SMILES string of the molecule is N[C@H](CO)CC(=O)NCCC1C(Nc2nccc(N3CCCCCC3)n2)CCCN1C1CCCCC1. The molecule has 1 saturated carbocycles. The van der Waals surface area contributed by atoms with Gasteiger partial charge < -0.3 is 26.4 Å². The maximum Gasteiger partial charge on any atom is 0.224 e. The van der Waals surface area contributed by atoms with Crippen molar-refractivity contribution in [3.8, 4) is 0 Å². The van der Waals surface area contributed by atoms with Crippen LogP contribution in [-0.4, -0.2) is 82.8 Å². The van der Waals surface area contributed by atoms with Gasteiger partial charge in [-0.15, -0.1) is 0 Å². The Labute approximate surface area is 216 Å². The van der Waals surface area contributed by atoms with Crippen molar-refractivity contribution < 1.29 is 9.90 Å². The van der Waals surface area contributed by atoms with Crippen LogP contribution in [0.25, 0.3) is 0 Å². The van der Waals surface area contributed by atoms with Crippen molar-refractivity contribution in [3.05, 3.63) is 12.3 Å². The standard InChI is InChI=1S/C27H47N7O2/c28-21(20-35)19-26(36)29-14-12-24-23(11-8-18-34(24)22-9-4-3-5-10-22)31-27-30-15-13-25(32-27)33-16-6-1-2-7-17-33/h13,15,21-24,35H,1-12,14,16-20,28H2,(H,29,36)(H,30,31,32)/t21-,23?,24?/m0/s1. The normalized spacial score (nSPS) is 25.2. The van der Waals surface area contributed by atoms with Gasteiger partial charge in [0.1, 0.15) is 5.82 Å². The highest BCUT2D eigenvalue weighted by atomic mass is 16.3. The zero-order valence-corrected chi connectivity index (χ0v) is 21.9. The van der Waals surface area contributed by atoms with Gasteiger partial charge in [-0.25, -0.2) is 4.98 Å². The average Bonchev–Trinajstić information content (AvgIpc) is 3.20. The first-order valence-corrected chi connectivity index (χ1v) is 14.4. The molecule has 3 aliphatic rings. The van der Waals surface area contributed by atoms with Crippen LogP contribution in [0.1, 0.15) is 83.5 Å². The molecule has 9 heteroatoms. The number of amides is 1. The quantitative estimate of drug-likeness (QED) is 0.386. The molecule has 3 heterocycles. The Balaban J connectivity index is 1.43. The van der Waals surface area contributed by atoms with Crippen molar-refractivity contribution in [2.75, 3.05) is 43.0 Å². The molecule has 1 aliphatic carbocycles. The van der Waals surface area contributed by atoms with Crippen LogP contribution in [0.3, 0.4) is 0 Å². The molecule has 2 aliphatic heterocycles. The first kappa shape index (κ1) is 27.1. The zero-order chi connectivity index (χ0) is 25.2. The smallest absolute Gasteiger partial charge is 0.224 e. The highest BCUT2D eigenvalue weighted by molar-refractivity contribution is 5.76. The summed E-state index contributed by atoms with van der Waals surface area (Å²) in [6.07, 6.45) is 16.7. The molecule has 2 saturated heterocycles. The van der Waals surface area contributed by atoms with Crippen LogP contribution in [0.5, 0.6) is 0 Å². The Kier molecular flexibility index (Phi) is 10.6. The lowest BCUT2D eigenvalue weighted by atomic mass is 9.87. The summed E-state index contributed by atoms with van der Waals surface area (Å²) in [6.45, 7) is 3.69. The number of nitrogens with one attached hydrogen (secondary N) is 2. The van der Waals surface area contributed by atoms with E-state index >= 15 is 0 Å². The summed E-state index contributed by atoms with van der Waals surface area (Å²) >= 11 is 0. The molecule has 0 radical (unpaired) electrons. The number of aliphatic hydroxyl groups excluding tert-OH is 1. The van der Waals surface area contributed by atoms with E-state index < -0.39 is 6.04 Å². The molecule has 3 atom stereocenters. The van der Waals surface area contributed by atoms with Crippen LogP contribution in [0.15, 0.2) is 12.3 Å². The molecular weight excluding hydrogens is 454 g/mol. The molecular formula is C27H47N7O2. The van der Waals surface area contributed by atoms with Gasteiger partial charge in [-0.05, 0) is 57.6 Å². The first-order valence-electron chi connectivity index (χ1n) is 14.4. The van der Waals surface area contributed by atoms with Crippen molar-refractivity contribution in [2.24, 2.45) is 5.73 Å². The minimum Gasteiger partial charge on any atom is -0.395 e. The average molecular weight is 502 g/mol. The van der Waals surface area contributed by atoms with Gasteiger partial charge >= 0.3 is 0 Å². The Morgan fingerprint density at radius 3 is 2.56 bits per heavy atom. The van der Waals surface area contributed by atoms with E-state index in [9.17, 15) is 4.79 Å². The van der Waals surface area contributed by atoms with Gasteiger partial charge in [-0.3, -0.25) is 9.69 Å². The summed E-state index contributed by atoms with van der Waals surface area (Å²) in [5.74, 6) is 1.66. The predicted molar refractivity (Wildman–Crippen MR) is 144 cm³/mol. The number of rotatable bonds is 10. The highest BCUT2D eigenvalue weighted by Gasteiger charge is 2.36. The van der Waals surface area contributed by atoms with Gasteiger partial charge in [0, 0.05) is 56.4 Å². The van der Waals surface area contributed by atoms with Crippen LogP contribution in [0.4, 0.5) is 11.8 Å². The van der Waals surface area contributed by atoms with Gasteiger partial charge in [0.15, 0.2) is 0 Å². The second-order valence-electron chi connectivity index (χ2n) is 10.9. The van der Waals surface area contributed by atoms with Crippen LogP contribution < -0.4 is 21.3 Å². The number of likely N-dealkylation sites (tertiary alicyclic amines) is 1. The molecule has 1 amide bonds. The lowest BCUT2D eigenvalue weighted by molar-refractivity contribution is -0.121. The van der Waals surface area contributed by atoms with E-state index in [1.165, 1.54) is 57.8 Å². The monoisotopic (exact) mass is 501 g/mol. The third-order valence-corrected chi connectivity index (χ3v) is 8.20. The lowest BCUT2D eigenvalue weighted by Crippen LogP contribution is -2.56. The van der Waals surface area contributed by atoms with E-state index in [-0.39, 0.29) is 25.0 Å². The fraction of sp³-hybridized carbons (Fsp3) is 0.815. The lowest BCUT2D eigenvalue weighted by Gasteiger charge is -2.47. The number of aromatic nitrogens is 2. The molecule has 0 spiro atoms. The number of carbonyl (C=O) groups is 1. The number of hydrogen-bond donors (Lipinski definition) is 4. The third-order valence-electron chi connectivity index (χ3n) is 8.20. The minimum absolute atomic E-state index is 0.0884. The largest absolute Gasteiger partial charge is 0.395 e. The molecule has 1 aromatic rings. The topological polar surface area (TPSA) is 120 Å². The van der Waals surface area contributed by atoms with Gasteiger partial charge in [-0.2, -0.15) is 4.98 Å². The van der Waals surface area contributed by atoms with E-state index in [1.807, 2.05) is 12.3 Å². The van der Waals surface area contributed by atoms with Crippen LogP contribution in [0.2, 0.25) is 0 Å². The molecule has 3 fully saturated rings. The molecule has 9 nitrogen and oxygen atoms in total. The fourth-order valence-corrected chi connectivity index (χ4v) is 6.28. The Morgan fingerprint density at radius 2 is 1.81 bits per heavy atom.